The number of ether oxygens (including phenoxy) is 1. The van der Waals surface area contributed by atoms with Gasteiger partial charge in [-0.15, -0.1) is 0 Å². The zero-order chi connectivity index (χ0) is 11.4. The molecule has 1 aliphatic rings. The molecule has 2 rings (SSSR count). The predicted octanol–water partition coefficient (Wildman–Crippen LogP) is 3.52. The molecular formula is C14H19NO. The number of fused-ring (bicyclic) bond motifs is 1. The fourth-order valence-electron chi connectivity index (χ4n) is 1.95. The van der Waals surface area contributed by atoms with Crippen LogP contribution in [0.5, 0.6) is 0 Å². The third-order valence-electron chi connectivity index (χ3n) is 2.98. The van der Waals surface area contributed by atoms with E-state index >= 15 is 0 Å². The van der Waals surface area contributed by atoms with E-state index in [0.29, 0.717) is 0 Å². The van der Waals surface area contributed by atoms with Crippen molar-refractivity contribution in [2.75, 3.05) is 6.61 Å². The summed E-state index contributed by atoms with van der Waals surface area (Å²) in [6.07, 6.45) is 3.46. The lowest BCUT2D eigenvalue weighted by molar-refractivity contribution is 0.0943. The zero-order valence-corrected chi connectivity index (χ0v) is 10.1. The lowest BCUT2D eigenvalue weighted by atomic mass is 10.00. The van der Waals surface area contributed by atoms with Crippen molar-refractivity contribution in [1.82, 2.24) is 0 Å². The topological polar surface area (TPSA) is 21.6 Å². The van der Waals surface area contributed by atoms with E-state index in [1.54, 1.807) is 0 Å². The van der Waals surface area contributed by atoms with Crippen molar-refractivity contribution in [1.29, 1.82) is 0 Å². The Bertz CT molecular complexity index is 384. The van der Waals surface area contributed by atoms with Gasteiger partial charge in [0.05, 0.1) is 11.8 Å². The Hall–Kier alpha value is -1.15. The van der Waals surface area contributed by atoms with Crippen LogP contribution >= 0.6 is 0 Å². The van der Waals surface area contributed by atoms with Gasteiger partial charge in [-0.05, 0) is 25.0 Å². The highest BCUT2D eigenvalue weighted by atomic mass is 16.5. The molecule has 86 valence electrons. The van der Waals surface area contributed by atoms with Crippen molar-refractivity contribution in [3.8, 4) is 0 Å². The highest BCUT2D eigenvalue weighted by Crippen LogP contribution is 2.26. The van der Waals surface area contributed by atoms with Crippen LogP contribution in [0.3, 0.4) is 0 Å². The summed E-state index contributed by atoms with van der Waals surface area (Å²) < 4.78 is 5.86. The third kappa shape index (κ3) is 2.50. The highest BCUT2D eigenvalue weighted by Gasteiger charge is 2.19. The molecule has 1 heterocycles. The van der Waals surface area contributed by atoms with Crippen molar-refractivity contribution >= 4 is 11.4 Å². The molecule has 1 aromatic rings. The first kappa shape index (κ1) is 11.3. The van der Waals surface area contributed by atoms with Gasteiger partial charge in [-0.2, -0.15) is 0 Å². The molecule has 0 saturated carbocycles. The van der Waals surface area contributed by atoms with E-state index in [2.05, 4.69) is 37.0 Å². The summed E-state index contributed by atoms with van der Waals surface area (Å²) in [6.45, 7) is 5.09. The lowest BCUT2D eigenvalue weighted by Gasteiger charge is -2.23. The average Bonchev–Trinajstić information content (AvgIpc) is 2.30. The van der Waals surface area contributed by atoms with Crippen LogP contribution < -0.4 is 0 Å². The summed E-state index contributed by atoms with van der Waals surface area (Å²) in [7, 11) is 0. The summed E-state index contributed by atoms with van der Waals surface area (Å²) in [5.41, 5.74) is 3.51. The standard InChI is InChI=1S/C14H19NO/c1-3-4-9-16-14-10-12-7-5-6-8-13(12)15-11(14)2/h5-8,14H,3-4,9-10H2,1-2H3. The van der Waals surface area contributed by atoms with Crippen molar-refractivity contribution in [3.05, 3.63) is 29.8 Å². The summed E-state index contributed by atoms with van der Waals surface area (Å²) in [6, 6.07) is 8.31. The first-order valence-electron chi connectivity index (χ1n) is 6.06. The molecule has 0 bridgehead atoms. The maximum absolute atomic E-state index is 5.86. The average molecular weight is 217 g/mol. The normalized spacial score (nSPS) is 19.1. The Morgan fingerprint density at radius 1 is 1.38 bits per heavy atom. The Balaban J connectivity index is 2.05. The zero-order valence-electron chi connectivity index (χ0n) is 10.1. The smallest absolute Gasteiger partial charge is 0.0994 e. The largest absolute Gasteiger partial charge is 0.372 e. The molecule has 1 aliphatic heterocycles. The van der Waals surface area contributed by atoms with Crippen molar-refractivity contribution in [2.45, 2.75) is 39.2 Å². The minimum atomic E-state index is 0.182. The summed E-state index contributed by atoms with van der Waals surface area (Å²) >= 11 is 0. The summed E-state index contributed by atoms with van der Waals surface area (Å²) in [5, 5.41) is 0. The number of rotatable bonds is 4. The molecule has 2 nitrogen and oxygen atoms in total. The number of hydrogen-bond acceptors (Lipinski definition) is 2. The lowest BCUT2D eigenvalue weighted by Crippen LogP contribution is -2.27. The molecule has 0 saturated heterocycles. The molecule has 1 atom stereocenters. The Morgan fingerprint density at radius 2 is 2.19 bits per heavy atom. The van der Waals surface area contributed by atoms with E-state index in [0.717, 1.165) is 30.8 Å². The second-order valence-corrected chi connectivity index (χ2v) is 4.30. The van der Waals surface area contributed by atoms with Crippen molar-refractivity contribution in [3.63, 3.8) is 0 Å². The maximum atomic E-state index is 5.86. The second kappa shape index (κ2) is 5.26. The first-order valence-corrected chi connectivity index (χ1v) is 6.06. The van der Waals surface area contributed by atoms with Gasteiger partial charge >= 0.3 is 0 Å². The minimum absolute atomic E-state index is 0.182. The van der Waals surface area contributed by atoms with Gasteiger partial charge in [0.25, 0.3) is 0 Å². The monoisotopic (exact) mass is 217 g/mol. The maximum Gasteiger partial charge on any atom is 0.0994 e. The van der Waals surface area contributed by atoms with Crippen LogP contribution in [0.15, 0.2) is 29.3 Å². The van der Waals surface area contributed by atoms with E-state index in [-0.39, 0.29) is 6.10 Å². The molecule has 1 aromatic carbocycles. The molecule has 2 heteroatoms. The number of nitrogens with zero attached hydrogens (tertiary/aromatic N) is 1. The number of aliphatic imine (C=N–C) groups is 1. The van der Waals surface area contributed by atoms with Crippen LogP contribution in [-0.2, 0) is 11.2 Å². The third-order valence-corrected chi connectivity index (χ3v) is 2.98. The number of benzene rings is 1. The van der Waals surface area contributed by atoms with Gasteiger partial charge in [0.2, 0.25) is 0 Å². The Kier molecular flexibility index (Phi) is 3.73. The summed E-state index contributed by atoms with van der Waals surface area (Å²) in [4.78, 5) is 4.60. The van der Waals surface area contributed by atoms with Crippen LogP contribution in [0.2, 0.25) is 0 Å². The van der Waals surface area contributed by atoms with Gasteiger partial charge in [-0.25, -0.2) is 0 Å². The van der Waals surface area contributed by atoms with Gasteiger partial charge < -0.3 is 4.74 Å². The van der Waals surface area contributed by atoms with E-state index in [1.165, 1.54) is 12.0 Å². The first-order chi connectivity index (χ1) is 7.81. The molecule has 0 aromatic heterocycles. The van der Waals surface area contributed by atoms with Gasteiger partial charge in [0.1, 0.15) is 0 Å². The molecular weight excluding hydrogens is 198 g/mol. The molecule has 0 N–H and O–H groups in total. The van der Waals surface area contributed by atoms with Crippen molar-refractivity contribution < 1.29 is 4.74 Å². The van der Waals surface area contributed by atoms with E-state index in [9.17, 15) is 0 Å². The molecule has 1 unspecified atom stereocenters. The van der Waals surface area contributed by atoms with E-state index in [1.807, 2.05) is 6.07 Å². The van der Waals surface area contributed by atoms with E-state index in [4.69, 9.17) is 4.74 Å². The summed E-state index contributed by atoms with van der Waals surface area (Å²) in [5.74, 6) is 0. The van der Waals surface area contributed by atoms with Gasteiger partial charge in [0.15, 0.2) is 0 Å². The van der Waals surface area contributed by atoms with Gasteiger partial charge in [0, 0.05) is 18.7 Å². The molecule has 0 aliphatic carbocycles. The SMILES string of the molecule is CCCCOC1Cc2ccccc2N=C1C. The van der Waals surface area contributed by atoms with Crippen molar-refractivity contribution in [2.24, 2.45) is 4.99 Å². The van der Waals surface area contributed by atoms with Gasteiger partial charge in [-0.3, -0.25) is 4.99 Å². The van der Waals surface area contributed by atoms with Crippen LogP contribution in [0.25, 0.3) is 0 Å². The molecule has 0 amide bonds. The highest BCUT2D eigenvalue weighted by molar-refractivity contribution is 5.91. The van der Waals surface area contributed by atoms with Crippen LogP contribution in [-0.4, -0.2) is 18.4 Å². The second-order valence-electron chi connectivity index (χ2n) is 4.30. The van der Waals surface area contributed by atoms with Gasteiger partial charge in [-0.1, -0.05) is 31.5 Å². The number of hydrogen-bond donors (Lipinski definition) is 0. The molecule has 16 heavy (non-hydrogen) atoms. The Morgan fingerprint density at radius 3 is 3.00 bits per heavy atom. The Labute approximate surface area is 97.4 Å². The molecule has 0 radical (unpaired) electrons. The van der Waals surface area contributed by atoms with Crippen LogP contribution in [0, 0.1) is 0 Å². The number of unbranched alkanes of at least 4 members (excludes halogenated alkanes) is 1. The minimum Gasteiger partial charge on any atom is -0.372 e. The predicted molar refractivity (Wildman–Crippen MR) is 67.6 cm³/mol. The quantitative estimate of drug-likeness (QED) is 0.707. The fourth-order valence-corrected chi connectivity index (χ4v) is 1.95. The molecule has 0 fully saturated rings. The van der Waals surface area contributed by atoms with E-state index < -0.39 is 0 Å². The van der Waals surface area contributed by atoms with Crippen LogP contribution in [0.1, 0.15) is 32.3 Å². The fraction of sp³-hybridized carbons (Fsp3) is 0.500. The number of para-hydroxylation sites is 1. The van der Waals surface area contributed by atoms with Crippen LogP contribution in [0.4, 0.5) is 5.69 Å². The molecule has 0 spiro atoms.